The fourth-order valence-corrected chi connectivity index (χ4v) is 3.61. The van der Waals surface area contributed by atoms with E-state index in [1.165, 1.54) is 18.5 Å². The number of ether oxygens (including phenoxy) is 2. The quantitative estimate of drug-likeness (QED) is 0.744. The van der Waals surface area contributed by atoms with Gasteiger partial charge in [-0.3, -0.25) is 4.79 Å². The van der Waals surface area contributed by atoms with Crippen LogP contribution >= 0.6 is 0 Å². The van der Waals surface area contributed by atoms with Gasteiger partial charge in [0.25, 0.3) is 5.91 Å². The van der Waals surface area contributed by atoms with E-state index in [0.29, 0.717) is 11.5 Å². The largest absolute Gasteiger partial charge is 0.493 e. The van der Waals surface area contributed by atoms with Gasteiger partial charge < -0.3 is 19.7 Å². The summed E-state index contributed by atoms with van der Waals surface area (Å²) in [6.07, 6.45) is 1.87. The Morgan fingerprint density at radius 3 is 2.28 bits per heavy atom. The van der Waals surface area contributed by atoms with Crippen molar-refractivity contribution in [3.8, 4) is 11.5 Å². The molecule has 1 saturated heterocycles. The number of methoxy groups -OCH3 is 1. The highest BCUT2D eigenvalue weighted by Gasteiger charge is 2.20. The molecular formula is C24H32N2O3. The Kier molecular flexibility index (Phi) is 7.02. The van der Waals surface area contributed by atoms with E-state index < -0.39 is 6.10 Å². The van der Waals surface area contributed by atoms with Crippen molar-refractivity contribution in [1.82, 2.24) is 5.32 Å². The predicted molar refractivity (Wildman–Crippen MR) is 117 cm³/mol. The van der Waals surface area contributed by atoms with E-state index >= 15 is 0 Å². The molecule has 1 aliphatic heterocycles. The van der Waals surface area contributed by atoms with Gasteiger partial charge in [-0.2, -0.15) is 0 Å². The maximum atomic E-state index is 12.6. The van der Waals surface area contributed by atoms with Crippen LogP contribution in [0, 0.1) is 5.92 Å². The summed E-state index contributed by atoms with van der Waals surface area (Å²) in [5.41, 5.74) is 2.34. The van der Waals surface area contributed by atoms with Gasteiger partial charge in [0.2, 0.25) is 0 Å². The minimum absolute atomic E-state index is 0.0957. The molecule has 0 bridgehead atoms. The Labute approximate surface area is 174 Å². The summed E-state index contributed by atoms with van der Waals surface area (Å²) in [5.74, 6) is 1.84. The minimum atomic E-state index is -0.622. The lowest BCUT2D eigenvalue weighted by Crippen LogP contribution is -2.37. The zero-order chi connectivity index (χ0) is 20.8. The number of rotatable bonds is 7. The van der Waals surface area contributed by atoms with Crippen LogP contribution in [0.25, 0.3) is 0 Å². The monoisotopic (exact) mass is 396 g/mol. The van der Waals surface area contributed by atoms with Gasteiger partial charge in [-0.05, 0) is 62.4 Å². The van der Waals surface area contributed by atoms with E-state index in [4.69, 9.17) is 9.47 Å². The second kappa shape index (κ2) is 9.68. The number of hydrogen-bond acceptors (Lipinski definition) is 4. The van der Waals surface area contributed by atoms with E-state index in [2.05, 4.69) is 41.4 Å². The van der Waals surface area contributed by atoms with Gasteiger partial charge in [0.1, 0.15) is 0 Å². The molecule has 1 aliphatic rings. The number of amides is 1. The summed E-state index contributed by atoms with van der Waals surface area (Å²) < 4.78 is 11.1. The van der Waals surface area contributed by atoms with Crippen molar-refractivity contribution in [2.45, 2.75) is 45.8 Å². The zero-order valence-electron chi connectivity index (χ0n) is 17.9. The second-order valence-corrected chi connectivity index (χ2v) is 7.90. The Bertz CT molecular complexity index is 798. The zero-order valence-corrected chi connectivity index (χ0v) is 17.9. The molecule has 0 aliphatic carbocycles. The fraction of sp³-hybridized carbons (Fsp3) is 0.458. The molecule has 3 rings (SSSR count). The van der Waals surface area contributed by atoms with Crippen LogP contribution < -0.4 is 19.7 Å². The number of hydrogen-bond donors (Lipinski definition) is 1. The van der Waals surface area contributed by atoms with Crippen LogP contribution in [-0.4, -0.2) is 32.2 Å². The van der Waals surface area contributed by atoms with Crippen molar-refractivity contribution < 1.29 is 14.3 Å². The molecule has 1 amide bonds. The third-order valence-corrected chi connectivity index (χ3v) is 5.64. The number of carbonyl (C=O) groups excluding carboxylic acids is 1. The molecule has 0 spiro atoms. The van der Waals surface area contributed by atoms with Crippen LogP contribution in [0.5, 0.6) is 11.5 Å². The molecule has 0 radical (unpaired) electrons. The van der Waals surface area contributed by atoms with Gasteiger partial charge in [-0.15, -0.1) is 0 Å². The summed E-state index contributed by atoms with van der Waals surface area (Å²) >= 11 is 0. The molecule has 2 aromatic carbocycles. The van der Waals surface area contributed by atoms with Crippen LogP contribution in [0.4, 0.5) is 5.69 Å². The number of piperidine rings is 1. The van der Waals surface area contributed by atoms with E-state index in [9.17, 15) is 4.79 Å². The van der Waals surface area contributed by atoms with Crippen molar-refractivity contribution >= 4 is 11.6 Å². The Morgan fingerprint density at radius 1 is 1.03 bits per heavy atom. The van der Waals surface area contributed by atoms with Crippen LogP contribution in [0.2, 0.25) is 0 Å². The molecular weight excluding hydrogens is 364 g/mol. The molecule has 2 atom stereocenters. The first-order valence-corrected chi connectivity index (χ1v) is 10.4. The Morgan fingerprint density at radius 2 is 1.66 bits per heavy atom. The van der Waals surface area contributed by atoms with Crippen LogP contribution in [0.15, 0.2) is 48.5 Å². The highest BCUT2D eigenvalue weighted by Crippen LogP contribution is 2.27. The first kappa shape index (κ1) is 21.0. The second-order valence-electron chi connectivity index (χ2n) is 7.90. The number of benzene rings is 2. The number of nitrogens with zero attached hydrogens (tertiary/aromatic N) is 1. The lowest BCUT2D eigenvalue weighted by Gasteiger charge is -2.32. The molecule has 0 aromatic heterocycles. The van der Waals surface area contributed by atoms with E-state index in [1.54, 1.807) is 20.1 Å². The highest BCUT2D eigenvalue weighted by molar-refractivity contribution is 5.81. The number of para-hydroxylation sites is 2. The minimum Gasteiger partial charge on any atom is -0.493 e. The van der Waals surface area contributed by atoms with Gasteiger partial charge in [-0.1, -0.05) is 31.2 Å². The summed E-state index contributed by atoms with van der Waals surface area (Å²) in [6.45, 7) is 8.29. The van der Waals surface area contributed by atoms with Crippen molar-refractivity contribution in [1.29, 1.82) is 0 Å². The molecule has 1 N–H and O–H groups in total. The summed E-state index contributed by atoms with van der Waals surface area (Å²) in [4.78, 5) is 15.0. The third kappa shape index (κ3) is 5.43. The molecule has 1 heterocycles. The average Bonchev–Trinajstić information content (AvgIpc) is 2.74. The summed E-state index contributed by atoms with van der Waals surface area (Å²) in [5, 5.41) is 3.04. The Balaban J connectivity index is 1.56. The highest BCUT2D eigenvalue weighted by atomic mass is 16.5. The normalized spacial score (nSPS) is 16.8. The lowest BCUT2D eigenvalue weighted by atomic mass is 9.98. The van der Waals surface area contributed by atoms with Gasteiger partial charge in [0.15, 0.2) is 17.6 Å². The van der Waals surface area contributed by atoms with Gasteiger partial charge in [-0.25, -0.2) is 0 Å². The first-order valence-electron chi connectivity index (χ1n) is 10.4. The molecule has 0 saturated carbocycles. The van der Waals surface area contributed by atoms with Crippen molar-refractivity contribution in [2.75, 3.05) is 25.1 Å². The van der Waals surface area contributed by atoms with Gasteiger partial charge >= 0.3 is 0 Å². The molecule has 2 aromatic rings. The smallest absolute Gasteiger partial charge is 0.261 e. The van der Waals surface area contributed by atoms with E-state index in [-0.39, 0.29) is 11.9 Å². The average molecular weight is 397 g/mol. The van der Waals surface area contributed by atoms with E-state index in [0.717, 1.165) is 24.6 Å². The van der Waals surface area contributed by atoms with Crippen molar-refractivity contribution in [3.05, 3.63) is 54.1 Å². The fourth-order valence-electron chi connectivity index (χ4n) is 3.61. The SMILES string of the molecule is COc1ccccc1O[C@@H](C)C(=O)N[C@H](C)c1ccc(N2CCC(C)CC2)cc1. The van der Waals surface area contributed by atoms with Crippen LogP contribution in [-0.2, 0) is 4.79 Å². The third-order valence-electron chi connectivity index (χ3n) is 5.64. The maximum Gasteiger partial charge on any atom is 0.261 e. The standard InChI is InChI=1S/C24H32N2O3/c1-17-13-15-26(16-14-17)21-11-9-20(10-12-21)18(2)25-24(27)19(3)29-23-8-6-5-7-22(23)28-4/h5-12,17-19H,13-16H2,1-4H3,(H,25,27)/t18-,19+/m1/s1. The molecule has 5 heteroatoms. The van der Waals surface area contributed by atoms with Crippen molar-refractivity contribution in [2.24, 2.45) is 5.92 Å². The summed E-state index contributed by atoms with van der Waals surface area (Å²) in [7, 11) is 1.59. The maximum absolute atomic E-state index is 12.6. The molecule has 156 valence electrons. The molecule has 1 fully saturated rings. The van der Waals surface area contributed by atoms with E-state index in [1.807, 2.05) is 25.1 Å². The number of carbonyl (C=O) groups is 1. The first-order chi connectivity index (χ1) is 14.0. The topological polar surface area (TPSA) is 50.8 Å². The molecule has 29 heavy (non-hydrogen) atoms. The molecule has 5 nitrogen and oxygen atoms in total. The van der Waals surface area contributed by atoms with Crippen molar-refractivity contribution in [3.63, 3.8) is 0 Å². The predicted octanol–water partition coefficient (Wildman–Crippen LogP) is 4.58. The van der Waals surface area contributed by atoms with Gasteiger partial charge in [0, 0.05) is 18.8 Å². The van der Waals surface area contributed by atoms with Crippen LogP contribution in [0.1, 0.15) is 45.2 Å². The number of nitrogens with one attached hydrogen (secondary N) is 1. The van der Waals surface area contributed by atoms with Crippen LogP contribution in [0.3, 0.4) is 0 Å². The number of anilines is 1. The lowest BCUT2D eigenvalue weighted by molar-refractivity contribution is -0.127. The molecule has 0 unspecified atom stereocenters. The summed E-state index contributed by atoms with van der Waals surface area (Å²) in [6, 6.07) is 15.8. The Hall–Kier alpha value is -2.69. The van der Waals surface area contributed by atoms with Gasteiger partial charge in [0.05, 0.1) is 13.2 Å².